The van der Waals surface area contributed by atoms with Crippen LogP contribution < -0.4 is 5.32 Å². The molecule has 128 valence electrons. The van der Waals surface area contributed by atoms with E-state index in [9.17, 15) is 4.79 Å². The number of hydrogen-bond acceptors (Lipinski definition) is 4. The molecule has 2 fully saturated rings. The molecule has 6 nitrogen and oxygen atoms in total. The molecule has 2 N–H and O–H groups in total. The largest absolute Gasteiger partial charge is 0.483 e. The first kappa shape index (κ1) is 18.7. The second-order valence-electron chi connectivity index (χ2n) is 7.26. The fraction of sp³-hybridized carbons (Fsp3) is 0.875. The van der Waals surface area contributed by atoms with E-state index >= 15 is 0 Å². The first-order chi connectivity index (χ1) is 10.2. The van der Waals surface area contributed by atoms with Gasteiger partial charge < -0.3 is 20.1 Å². The maximum absolute atomic E-state index is 12.0. The lowest BCUT2D eigenvalue weighted by Crippen LogP contribution is -2.45. The fourth-order valence-electron chi connectivity index (χ4n) is 3.19. The number of carbonyl (C=O) groups is 2. The van der Waals surface area contributed by atoms with Crippen LogP contribution in [0.25, 0.3) is 0 Å². The van der Waals surface area contributed by atoms with Crippen LogP contribution in [0.5, 0.6) is 0 Å². The summed E-state index contributed by atoms with van der Waals surface area (Å²) in [7, 11) is 0. The number of carbonyl (C=O) groups excluding carboxylic acids is 1. The molecule has 2 heterocycles. The van der Waals surface area contributed by atoms with Crippen LogP contribution in [-0.2, 0) is 9.53 Å². The molecule has 6 heteroatoms. The topological polar surface area (TPSA) is 78.9 Å². The molecular weight excluding hydrogens is 284 g/mol. The maximum Gasteiger partial charge on any atom is 0.410 e. The van der Waals surface area contributed by atoms with Crippen molar-refractivity contribution in [3.8, 4) is 0 Å². The maximum atomic E-state index is 12.0. The Morgan fingerprint density at radius 2 is 1.95 bits per heavy atom. The second kappa shape index (κ2) is 7.81. The van der Waals surface area contributed by atoms with Crippen LogP contribution in [0, 0.1) is 5.41 Å². The summed E-state index contributed by atoms with van der Waals surface area (Å²) in [6, 6.07) is 0.674. The van der Waals surface area contributed by atoms with Crippen LogP contribution in [0.2, 0.25) is 0 Å². The normalized spacial score (nSPS) is 23.6. The number of likely N-dealkylation sites (tertiary alicyclic amines) is 1. The fourth-order valence-corrected chi connectivity index (χ4v) is 3.19. The first-order valence-corrected chi connectivity index (χ1v) is 8.04. The molecule has 1 atom stereocenters. The Balaban J connectivity index is 0.000000745. The third kappa shape index (κ3) is 5.48. The summed E-state index contributed by atoms with van der Waals surface area (Å²) in [5, 5.41) is 10.5. The van der Waals surface area contributed by atoms with E-state index in [-0.39, 0.29) is 12.6 Å². The van der Waals surface area contributed by atoms with Gasteiger partial charge in [-0.1, -0.05) is 6.92 Å². The molecule has 0 saturated carbocycles. The van der Waals surface area contributed by atoms with Crippen molar-refractivity contribution in [2.24, 2.45) is 5.41 Å². The Kier molecular flexibility index (Phi) is 6.66. The van der Waals surface area contributed by atoms with Gasteiger partial charge in [0.15, 0.2) is 0 Å². The van der Waals surface area contributed by atoms with Crippen molar-refractivity contribution in [1.29, 1.82) is 0 Å². The van der Waals surface area contributed by atoms with E-state index < -0.39 is 5.60 Å². The molecule has 0 aromatic rings. The Labute approximate surface area is 133 Å². The smallest absolute Gasteiger partial charge is 0.410 e. The van der Waals surface area contributed by atoms with E-state index in [0.717, 1.165) is 32.5 Å². The molecule has 0 unspecified atom stereocenters. The molecule has 1 spiro atoms. The average Bonchev–Trinajstić information content (AvgIpc) is 2.82. The van der Waals surface area contributed by atoms with Crippen LogP contribution in [0.4, 0.5) is 4.79 Å². The second-order valence-corrected chi connectivity index (χ2v) is 7.26. The summed E-state index contributed by atoms with van der Waals surface area (Å²) in [6.45, 7) is 10.6. The van der Waals surface area contributed by atoms with E-state index in [4.69, 9.17) is 14.6 Å². The van der Waals surface area contributed by atoms with Crippen LogP contribution >= 0.6 is 0 Å². The molecule has 2 saturated heterocycles. The molecule has 1 amide bonds. The molecule has 2 aliphatic heterocycles. The number of carboxylic acid groups (broad SMARTS) is 1. The molecule has 2 rings (SSSR count). The number of ether oxygens (including phenoxy) is 1. The third-order valence-electron chi connectivity index (χ3n) is 4.41. The number of nitrogens with one attached hydrogen (secondary N) is 1. The summed E-state index contributed by atoms with van der Waals surface area (Å²) in [4.78, 5) is 22.3. The molecule has 2 aliphatic rings. The van der Waals surface area contributed by atoms with Gasteiger partial charge in [0.05, 0.1) is 0 Å². The summed E-state index contributed by atoms with van der Waals surface area (Å²) in [6.07, 6.45) is 4.54. The zero-order chi connectivity index (χ0) is 16.8. The van der Waals surface area contributed by atoms with Crippen molar-refractivity contribution in [2.45, 2.75) is 65.0 Å². The Morgan fingerprint density at radius 1 is 1.41 bits per heavy atom. The summed E-state index contributed by atoms with van der Waals surface area (Å²) >= 11 is 0. The summed E-state index contributed by atoms with van der Waals surface area (Å²) in [5.41, 5.74) is 0.0353. The van der Waals surface area contributed by atoms with Crippen molar-refractivity contribution in [3.05, 3.63) is 0 Å². The van der Waals surface area contributed by atoms with Gasteiger partial charge in [-0.3, -0.25) is 4.79 Å². The van der Waals surface area contributed by atoms with Crippen LogP contribution in [0.1, 0.15) is 53.4 Å². The highest BCUT2D eigenvalue weighted by molar-refractivity contribution is 5.68. The van der Waals surface area contributed by atoms with E-state index in [0.29, 0.717) is 11.5 Å². The quantitative estimate of drug-likeness (QED) is 0.727. The SMILES string of the molecule is CC[C@H]1CC2(CCN(C(=O)OC(C)(C)C)CC2)CN1.O=CO. The Bertz CT molecular complexity index is 371. The highest BCUT2D eigenvalue weighted by Gasteiger charge is 2.41. The molecule has 0 aromatic heterocycles. The predicted octanol–water partition coefficient (Wildman–Crippen LogP) is 2.48. The van der Waals surface area contributed by atoms with E-state index in [2.05, 4.69) is 12.2 Å². The number of nitrogens with zero attached hydrogens (tertiary/aromatic N) is 1. The molecule has 0 radical (unpaired) electrons. The molecule has 0 aromatic carbocycles. The lowest BCUT2D eigenvalue weighted by molar-refractivity contribution is -0.122. The standard InChI is InChI=1S/C15H28N2O2.CH2O2/c1-5-12-10-15(11-16-12)6-8-17(9-7-15)13(18)19-14(2,3)4;2-1-3/h12,16H,5-11H2,1-4H3;1H,(H,2,3)/t12-;/m0./s1. The van der Waals surface area contributed by atoms with Gasteiger partial charge in [0, 0.05) is 25.7 Å². The first-order valence-electron chi connectivity index (χ1n) is 8.04. The van der Waals surface area contributed by atoms with Gasteiger partial charge in [0.2, 0.25) is 0 Å². The molecule has 0 bridgehead atoms. The number of rotatable bonds is 1. The van der Waals surface area contributed by atoms with Crippen molar-refractivity contribution in [3.63, 3.8) is 0 Å². The molecule has 22 heavy (non-hydrogen) atoms. The van der Waals surface area contributed by atoms with Gasteiger partial charge in [-0.2, -0.15) is 0 Å². The molecular formula is C16H30N2O4. The lowest BCUT2D eigenvalue weighted by atomic mass is 9.76. The minimum atomic E-state index is -0.394. The van der Waals surface area contributed by atoms with Crippen molar-refractivity contribution < 1.29 is 19.4 Å². The van der Waals surface area contributed by atoms with Crippen LogP contribution in [0.3, 0.4) is 0 Å². The van der Waals surface area contributed by atoms with Gasteiger partial charge in [-0.25, -0.2) is 4.79 Å². The minimum Gasteiger partial charge on any atom is -0.483 e. The zero-order valence-electron chi connectivity index (χ0n) is 14.2. The zero-order valence-corrected chi connectivity index (χ0v) is 14.2. The van der Waals surface area contributed by atoms with Crippen LogP contribution in [-0.4, -0.2) is 53.8 Å². The highest BCUT2D eigenvalue weighted by atomic mass is 16.6. The summed E-state index contributed by atoms with van der Waals surface area (Å²) in [5.74, 6) is 0. The van der Waals surface area contributed by atoms with Gasteiger partial charge >= 0.3 is 6.09 Å². The van der Waals surface area contributed by atoms with Crippen LogP contribution in [0.15, 0.2) is 0 Å². The van der Waals surface area contributed by atoms with Gasteiger partial charge in [0.25, 0.3) is 6.47 Å². The van der Waals surface area contributed by atoms with Crippen molar-refractivity contribution in [2.75, 3.05) is 19.6 Å². The van der Waals surface area contributed by atoms with Gasteiger partial charge in [-0.15, -0.1) is 0 Å². The predicted molar refractivity (Wildman–Crippen MR) is 84.9 cm³/mol. The lowest BCUT2D eigenvalue weighted by Gasteiger charge is -2.39. The highest BCUT2D eigenvalue weighted by Crippen LogP contribution is 2.40. The van der Waals surface area contributed by atoms with Crippen molar-refractivity contribution >= 4 is 12.6 Å². The average molecular weight is 314 g/mol. The third-order valence-corrected chi connectivity index (χ3v) is 4.41. The van der Waals surface area contributed by atoms with E-state index in [1.54, 1.807) is 0 Å². The number of hydrogen-bond donors (Lipinski definition) is 2. The monoisotopic (exact) mass is 314 g/mol. The minimum absolute atomic E-state index is 0.152. The van der Waals surface area contributed by atoms with E-state index in [1.807, 2.05) is 25.7 Å². The van der Waals surface area contributed by atoms with E-state index in [1.165, 1.54) is 12.8 Å². The number of amides is 1. The summed E-state index contributed by atoms with van der Waals surface area (Å²) < 4.78 is 5.44. The molecule has 0 aliphatic carbocycles. The van der Waals surface area contributed by atoms with Gasteiger partial charge in [-0.05, 0) is 51.9 Å². The van der Waals surface area contributed by atoms with Crippen molar-refractivity contribution in [1.82, 2.24) is 10.2 Å². The van der Waals surface area contributed by atoms with Gasteiger partial charge in [0.1, 0.15) is 5.60 Å². The Hall–Kier alpha value is -1.30. The number of piperidine rings is 1. The Morgan fingerprint density at radius 3 is 2.36 bits per heavy atom.